The fourth-order valence-electron chi connectivity index (χ4n) is 2.93. The van der Waals surface area contributed by atoms with Crippen LogP contribution in [0, 0.1) is 5.41 Å². The predicted molar refractivity (Wildman–Crippen MR) is 88.2 cm³/mol. The molecule has 1 aromatic heterocycles. The van der Waals surface area contributed by atoms with Gasteiger partial charge < -0.3 is 15.1 Å². The summed E-state index contributed by atoms with van der Waals surface area (Å²) in [4.78, 5) is 4.59. The van der Waals surface area contributed by atoms with Gasteiger partial charge in [-0.2, -0.15) is 13.2 Å². The average molecular weight is 397 g/mol. The normalized spacial score (nSPS) is 21.8. The number of nitrogens with zero attached hydrogens (tertiary/aromatic N) is 2. The van der Waals surface area contributed by atoms with Crippen LogP contribution in [-0.2, 0) is 16.2 Å². The minimum atomic E-state index is -4.79. The summed E-state index contributed by atoms with van der Waals surface area (Å²) in [5, 5.41) is 18.2. The minimum Gasteiger partial charge on any atom is -0.396 e. The van der Waals surface area contributed by atoms with Gasteiger partial charge in [-0.1, -0.05) is 6.92 Å². The SMILES string of the molecule is C[C@]1(CO)CCCN(c2ncc(S(=O)(=O)NCCO)cc2C(F)(F)F)C1. The molecule has 3 N–H and O–H groups in total. The molecule has 1 fully saturated rings. The molecule has 26 heavy (non-hydrogen) atoms. The zero-order valence-electron chi connectivity index (χ0n) is 14.3. The summed E-state index contributed by atoms with van der Waals surface area (Å²) in [7, 11) is -4.21. The van der Waals surface area contributed by atoms with E-state index >= 15 is 0 Å². The maximum Gasteiger partial charge on any atom is 0.420 e. The molecule has 0 unspecified atom stereocenters. The molecule has 2 rings (SSSR count). The highest BCUT2D eigenvalue weighted by atomic mass is 32.2. The number of anilines is 1. The van der Waals surface area contributed by atoms with Gasteiger partial charge >= 0.3 is 6.18 Å². The number of aliphatic hydroxyl groups excluding tert-OH is 2. The Morgan fingerprint density at radius 2 is 2.08 bits per heavy atom. The van der Waals surface area contributed by atoms with Crippen molar-refractivity contribution in [3.8, 4) is 0 Å². The van der Waals surface area contributed by atoms with E-state index in [0.717, 1.165) is 6.20 Å². The van der Waals surface area contributed by atoms with Crippen molar-refractivity contribution in [1.82, 2.24) is 9.71 Å². The number of hydrogen-bond donors (Lipinski definition) is 3. The number of aromatic nitrogens is 1. The molecule has 0 aromatic carbocycles. The van der Waals surface area contributed by atoms with E-state index in [-0.39, 0.29) is 25.5 Å². The van der Waals surface area contributed by atoms with Gasteiger partial charge in [0.05, 0.1) is 18.8 Å². The molecule has 0 amide bonds. The first-order valence-electron chi connectivity index (χ1n) is 8.06. The van der Waals surface area contributed by atoms with Crippen molar-refractivity contribution in [2.24, 2.45) is 5.41 Å². The molecule has 2 heterocycles. The van der Waals surface area contributed by atoms with Crippen LogP contribution in [0.15, 0.2) is 17.2 Å². The van der Waals surface area contributed by atoms with E-state index in [0.29, 0.717) is 25.5 Å². The summed E-state index contributed by atoms with van der Waals surface area (Å²) in [6.45, 7) is 1.35. The van der Waals surface area contributed by atoms with Gasteiger partial charge in [0.2, 0.25) is 10.0 Å². The van der Waals surface area contributed by atoms with Crippen LogP contribution in [0.2, 0.25) is 0 Å². The first kappa shape index (κ1) is 20.9. The van der Waals surface area contributed by atoms with Crippen molar-refractivity contribution in [2.45, 2.75) is 30.8 Å². The number of hydrogen-bond acceptors (Lipinski definition) is 6. The molecule has 1 aliphatic rings. The van der Waals surface area contributed by atoms with Gasteiger partial charge in [-0.3, -0.25) is 0 Å². The fourth-order valence-corrected chi connectivity index (χ4v) is 3.93. The van der Waals surface area contributed by atoms with E-state index in [1.807, 2.05) is 4.72 Å². The standard InChI is InChI=1S/C15H22F3N3O4S/c1-14(10-23)3-2-5-21(9-14)13-12(15(16,17)18)7-11(8-19-13)26(24,25)20-4-6-22/h7-8,20,22-23H,2-6,9-10H2,1H3/t14-/m0/s1. The van der Waals surface area contributed by atoms with Gasteiger partial charge in [0.15, 0.2) is 0 Å². The number of rotatable bonds is 6. The molecule has 0 saturated carbocycles. The second-order valence-electron chi connectivity index (χ2n) is 6.66. The molecule has 1 atom stereocenters. The highest BCUT2D eigenvalue weighted by Gasteiger charge is 2.39. The Morgan fingerprint density at radius 3 is 2.65 bits per heavy atom. The zero-order chi connectivity index (χ0) is 19.6. The van der Waals surface area contributed by atoms with Crippen molar-refractivity contribution in [3.05, 3.63) is 17.8 Å². The Labute approximate surface area is 149 Å². The molecule has 11 heteroatoms. The predicted octanol–water partition coefficient (Wildman–Crippen LogP) is 0.970. The van der Waals surface area contributed by atoms with E-state index in [2.05, 4.69) is 4.98 Å². The highest BCUT2D eigenvalue weighted by Crippen LogP contribution is 2.39. The van der Waals surface area contributed by atoms with Gasteiger partial charge in [-0.05, 0) is 18.9 Å². The Kier molecular flexibility index (Phi) is 6.16. The molecule has 0 aliphatic carbocycles. The van der Waals surface area contributed by atoms with Gasteiger partial charge in [-0.15, -0.1) is 0 Å². The van der Waals surface area contributed by atoms with Crippen LogP contribution < -0.4 is 9.62 Å². The lowest BCUT2D eigenvalue weighted by Crippen LogP contribution is -2.44. The highest BCUT2D eigenvalue weighted by molar-refractivity contribution is 7.89. The molecule has 1 saturated heterocycles. The topological polar surface area (TPSA) is 103 Å². The molecule has 0 bridgehead atoms. The second-order valence-corrected chi connectivity index (χ2v) is 8.42. The smallest absolute Gasteiger partial charge is 0.396 e. The third-order valence-electron chi connectivity index (χ3n) is 4.32. The number of piperidine rings is 1. The molecule has 0 spiro atoms. The van der Waals surface area contributed by atoms with Crippen LogP contribution in [0.1, 0.15) is 25.3 Å². The maximum atomic E-state index is 13.5. The van der Waals surface area contributed by atoms with Crippen LogP contribution in [-0.4, -0.2) is 56.5 Å². The van der Waals surface area contributed by atoms with E-state index in [1.54, 1.807) is 6.92 Å². The molecular weight excluding hydrogens is 375 g/mol. The molecule has 1 aliphatic heterocycles. The summed E-state index contributed by atoms with van der Waals surface area (Å²) in [6, 6.07) is 0.549. The summed E-state index contributed by atoms with van der Waals surface area (Å²) in [6.07, 6.45) is -2.65. The van der Waals surface area contributed by atoms with Crippen molar-refractivity contribution in [1.29, 1.82) is 0 Å². The number of pyridine rings is 1. The third kappa shape index (κ3) is 4.64. The Morgan fingerprint density at radius 1 is 1.38 bits per heavy atom. The quantitative estimate of drug-likeness (QED) is 0.661. The maximum absolute atomic E-state index is 13.5. The first-order chi connectivity index (χ1) is 12.0. The Hall–Kier alpha value is -1.43. The van der Waals surface area contributed by atoms with E-state index < -0.39 is 38.7 Å². The molecule has 7 nitrogen and oxygen atoms in total. The van der Waals surface area contributed by atoms with E-state index in [4.69, 9.17) is 5.11 Å². The van der Waals surface area contributed by atoms with E-state index in [9.17, 15) is 26.7 Å². The van der Waals surface area contributed by atoms with Gasteiger partial charge in [-0.25, -0.2) is 18.1 Å². The molecule has 0 radical (unpaired) electrons. The number of halogens is 3. The van der Waals surface area contributed by atoms with Crippen LogP contribution >= 0.6 is 0 Å². The van der Waals surface area contributed by atoms with Crippen molar-refractivity contribution >= 4 is 15.8 Å². The second kappa shape index (κ2) is 7.67. The first-order valence-corrected chi connectivity index (χ1v) is 9.54. The summed E-state index contributed by atoms with van der Waals surface area (Å²) >= 11 is 0. The monoisotopic (exact) mass is 397 g/mol. The van der Waals surface area contributed by atoms with Crippen molar-refractivity contribution in [2.75, 3.05) is 37.7 Å². The lowest BCUT2D eigenvalue weighted by molar-refractivity contribution is -0.137. The average Bonchev–Trinajstić information content (AvgIpc) is 2.59. The molecular formula is C15H22F3N3O4S. The van der Waals surface area contributed by atoms with Crippen LogP contribution in [0.3, 0.4) is 0 Å². The van der Waals surface area contributed by atoms with Gasteiger partial charge in [0, 0.05) is 31.2 Å². The van der Waals surface area contributed by atoms with Crippen LogP contribution in [0.5, 0.6) is 0 Å². The number of aliphatic hydroxyl groups is 2. The molecule has 148 valence electrons. The Bertz CT molecular complexity index is 742. The van der Waals surface area contributed by atoms with Crippen LogP contribution in [0.25, 0.3) is 0 Å². The minimum absolute atomic E-state index is 0.164. The summed E-state index contributed by atoms with van der Waals surface area (Å²) in [5.74, 6) is -0.349. The van der Waals surface area contributed by atoms with Gasteiger partial charge in [0.25, 0.3) is 0 Å². The lowest BCUT2D eigenvalue weighted by atomic mass is 9.82. The number of alkyl halides is 3. The fraction of sp³-hybridized carbons (Fsp3) is 0.667. The summed E-state index contributed by atoms with van der Waals surface area (Å²) < 4.78 is 66.6. The van der Waals surface area contributed by atoms with E-state index in [1.165, 1.54) is 4.90 Å². The largest absolute Gasteiger partial charge is 0.420 e. The number of sulfonamides is 1. The van der Waals surface area contributed by atoms with Crippen molar-refractivity contribution in [3.63, 3.8) is 0 Å². The van der Waals surface area contributed by atoms with Crippen molar-refractivity contribution < 1.29 is 31.8 Å². The zero-order valence-corrected chi connectivity index (χ0v) is 15.1. The van der Waals surface area contributed by atoms with Gasteiger partial charge in [0.1, 0.15) is 10.7 Å². The summed E-state index contributed by atoms with van der Waals surface area (Å²) in [5.41, 5.74) is -1.69. The molecule has 1 aromatic rings. The Balaban J connectivity index is 2.45. The van der Waals surface area contributed by atoms with Crippen LogP contribution in [0.4, 0.5) is 19.0 Å². The third-order valence-corrected chi connectivity index (χ3v) is 5.75. The number of nitrogens with one attached hydrogen (secondary N) is 1. The lowest BCUT2D eigenvalue weighted by Gasteiger charge is -2.40.